The zero-order valence-corrected chi connectivity index (χ0v) is 8.49. The highest BCUT2D eigenvalue weighted by Gasteiger charge is 2.67. The molecule has 0 aromatic heterocycles. The number of carboxylic acid groups (broad SMARTS) is 1. The van der Waals surface area contributed by atoms with E-state index in [0.29, 0.717) is 24.7 Å². The molecule has 0 aromatic carbocycles. The van der Waals surface area contributed by atoms with Crippen LogP contribution in [0.15, 0.2) is 11.6 Å². The van der Waals surface area contributed by atoms with Crippen molar-refractivity contribution in [3.8, 4) is 0 Å². The van der Waals surface area contributed by atoms with Gasteiger partial charge in [-0.3, -0.25) is 0 Å². The molecule has 3 nitrogen and oxygen atoms in total. The molecule has 2 N–H and O–H groups in total. The predicted molar refractivity (Wildman–Crippen MR) is 49.9 cm³/mol. The number of hydrogen-bond acceptors (Lipinski definition) is 2. The summed E-state index contributed by atoms with van der Waals surface area (Å²) in [6.45, 7) is 0. The third-order valence-electron chi connectivity index (χ3n) is 4.43. The van der Waals surface area contributed by atoms with Gasteiger partial charge in [0.25, 0.3) is 0 Å². The molecule has 3 saturated carbocycles. The number of aliphatic hydroxyl groups is 1. The molecule has 3 unspecified atom stereocenters. The van der Waals surface area contributed by atoms with Crippen molar-refractivity contribution >= 4 is 5.97 Å². The fourth-order valence-electron chi connectivity index (χ4n) is 3.52. The lowest BCUT2D eigenvalue weighted by molar-refractivity contribution is -0.220. The lowest BCUT2D eigenvalue weighted by Gasteiger charge is -2.57. The Balaban J connectivity index is 2.05. The zero-order chi connectivity index (χ0) is 11.7. The molecular formula is C11H12F2O3. The lowest BCUT2D eigenvalue weighted by atomic mass is 9.49. The van der Waals surface area contributed by atoms with E-state index in [1.165, 1.54) is 0 Å². The molecule has 5 heteroatoms. The molecule has 3 fully saturated rings. The fraction of sp³-hybridized carbons (Fsp3) is 0.727. The van der Waals surface area contributed by atoms with Crippen LogP contribution in [0, 0.1) is 17.8 Å². The number of hydrogen-bond donors (Lipinski definition) is 2. The van der Waals surface area contributed by atoms with Crippen LogP contribution < -0.4 is 0 Å². The number of halogens is 2. The van der Waals surface area contributed by atoms with Gasteiger partial charge in [-0.2, -0.15) is 8.78 Å². The summed E-state index contributed by atoms with van der Waals surface area (Å²) in [6.07, 6.45) is 3.15. The van der Waals surface area contributed by atoms with Gasteiger partial charge in [0, 0.05) is 0 Å². The van der Waals surface area contributed by atoms with Gasteiger partial charge in [0.05, 0.1) is 0 Å². The van der Waals surface area contributed by atoms with Crippen molar-refractivity contribution in [3.63, 3.8) is 0 Å². The minimum atomic E-state index is -4.09. The Kier molecular flexibility index (Phi) is 1.68. The molecule has 16 heavy (non-hydrogen) atoms. The van der Waals surface area contributed by atoms with Crippen LogP contribution in [-0.4, -0.2) is 27.7 Å². The quantitative estimate of drug-likeness (QED) is 0.705. The second-order valence-corrected chi connectivity index (χ2v) is 5.15. The van der Waals surface area contributed by atoms with E-state index in [4.69, 9.17) is 5.11 Å². The lowest BCUT2D eigenvalue weighted by Crippen LogP contribution is -2.63. The van der Waals surface area contributed by atoms with E-state index in [1.807, 2.05) is 0 Å². The molecule has 5 rings (SSSR count). The normalized spacial score (nSPS) is 44.9. The van der Waals surface area contributed by atoms with E-state index in [1.54, 1.807) is 0 Å². The molecule has 0 radical (unpaired) electrons. The Morgan fingerprint density at radius 2 is 1.94 bits per heavy atom. The second kappa shape index (κ2) is 2.64. The molecule has 4 bridgehead atoms. The number of rotatable bonds is 2. The highest BCUT2D eigenvalue weighted by atomic mass is 19.3. The molecule has 88 valence electrons. The van der Waals surface area contributed by atoms with Crippen molar-refractivity contribution in [1.29, 1.82) is 0 Å². The Bertz CT molecular complexity index is 390. The van der Waals surface area contributed by atoms with Crippen LogP contribution in [0.5, 0.6) is 0 Å². The number of carbonyl (C=O) groups is 1. The molecular weight excluding hydrogens is 218 g/mol. The van der Waals surface area contributed by atoms with Crippen molar-refractivity contribution < 1.29 is 23.8 Å². The maximum atomic E-state index is 13.5. The first kappa shape index (κ1) is 10.2. The maximum Gasteiger partial charge on any atom is 0.378 e. The average Bonchev–Trinajstić information content (AvgIpc) is 2.23. The van der Waals surface area contributed by atoms with Crippen LogP contribution in [0.2, 0.25) is 0 Å². The second-order valence-electron chi connectivity index (χ2n) is 5.15. The van der Waals surface area contributed by atoms with Crippen molar-refractivity contribution in [3.05, 3.63) is 11.6 Å². The highest BCUT2D eigenvalue weighted by molar-refractivity contribution is 5.78. The number of carboxylic acids is 1. The largest absolute Gasteiger partial charge is 0.477 e. The average molecular weight is 230 g/mol. The van der Waals surface area contributed by atoms with Crippen molar-refractivity contribution in [2.45, 2.75) is 30.8 Å². The van der Waals surface area contributed by atoms with Gasteiger partial charge in [-0.15, -0.1) is 0 Å². The summed E-state index contributed by atoms with van der Waals surface area (Å²) in [5, 5.41) is 18.5. The van der Waals surface area contributed by atoms with Gasteiger partial charge in [-0.25, -0.2) is 4.79 Å². The molecule has 5 aliphatic rings. The van der Waals surface area contributed by atoms with Crippen LogP contribution in [-0.2, 0) is 4.79 Å². The van der Waals surface area contributed by atoms with Gasteiger partial charge in [-0.05, 0) is 43.1 Å². The van der Waals surface area contributed by atoms with Gasteiger partial charge in [-0.1, -0.05) is 5.57 Å². The number of allylic oxidation sites excluding steroid dienone is 1. The summed E-state index contributed by atoms with van der Waals surface area (Å²) in [4.78, 5) is 10.6. The minimum Gasteiger partial charge on any atom is -0.477 e. The van der Waals surface area contributed by atoms with Crippen LogP contribution in [0.3, 0.4) is 0 Å². The smallest absolute Gasteiger partial charge is 0.378 e. The topological polar surface area (TPSA) is 57.5 Å². The first-order chi connectivity index (χ1) is 7.36. The molecule has 0 aromatic rings. The molecule has 0 amide bonds. The maximum absolute atomic E-state index is 13.5. The number of fused-ring (bicyclic) bond motifs is 1. The van der Waals surface area contributed by atoms with E-state index in [9.17, 15) is 18.7 Å². The van der Waals surface area contributed by atoms with Gasteiger partial charge >= 0.3 is 11.9 Å². The monoisotopic (exact) mass is 230 g/mol. The number of alkyl halides is 2. The van der Waals surface area contributed by atoms with Gasteiger partial charge in [0.15, 0.2) is 5.60 Å². The SMILES string of the molecule is O=C(O)C(F)(F)C1(O)C=C2C3CC2CC1C3. The molecule has 0 spiro atoms. The van der Waals surface area contributed by atoms with E-state index in [0.717, 1.165) is 18.1 Å². The first-order valence-electron chi connectivity index (χ1n) is 5.42. The van der Waals surface area contributed by atoms with Crippen molar-refractivity contribution in [2.24, 2.45) is 17.8 Å². The number of aliphatic carboxylic acids is 1. The summed E-state index contributed by atoms with van der Waals surface area (Å²) in [7, 11) is 0. The molecule has 0 heterocycles. The van der Waals surface area contributed by atoms with Gasteiger partial charge < -0.3 is 10.2 Å². The molecule has 5 aliphatic carbocycles. The van der Waals surface area contributed by atoms with Crippen LogP contribution in [0.25, 0.3) is 0 Å². The van der Waals surface area contributed by atoms with E-state index >= 15 is 0 Å². The van der Waals surface area contributed by atoms with Gasteiger partial charge in [0.1, 0.15) is 0 Å². The zero-order valence-electron chi connectivity index (χ0n) is 8.49. The van der Waals surface area contributed by atoms with E-state index in [2.05, 4.69) is 0 Å². The standard InChI is InChI=1S/C11H12F2O3/c12-11(13,9(14)15)10(16)4-8-5-1-6(8)3-7(10)2-5/h4-7,16H,1-3H2,(H,14,15). The van der Waals surface area contributed by atoms with Crippen LogP contribution in [0.4, 0.5) is 8.78 Å². The molecule has 0 aliphatic heterocycles. The van der Waals surface area contributed by atoms with E-state index < -0.39 is 23.4 Å². The summed E-state index contributed by atoms with van der Waals surface area (Å²) in [5.41, 5.74) is -1.62. The molecule has 0 saturated heterocycles. The Morgan fingerprint density at radius 1 is 1.38 bits per heavy atom. The first-order valence-corrected chi connectivity index (χ1v) is 5.42. The van der Waals surface area contributed by atoms with Crippen LogP contribution >= 0.6 is 0 Å². The Morgan fingerprint density at radius 3 is 2.31 bits per heavy atom. The predicted octanol–water partition coefficient (Wildman–Crippen LogP) is 1.42. The summed E-state index contributed by atoms with van der Waals surface area (Å²) >= 11 is 0. The summed E-state index contributed by atoms with van der Waals surface area (Å²) in [5.74, 6) is -6.31. The highest BCUT2D eigenvalue weighted by Crippen LogP contribution is 2.62. The Labute approximate surface area is 90.8 Å². The third kappa shape index (κ3) is 0.930. The van der Waals surface area contributed by atoms with Crippen molar-refractivity contribution in [1.82, 2.24) is 0 Å². The summed E-state index contributed by atoms with van der Waals surface area (Å²) < 4.78 is 27.0. The molecule has 3 atom stereocenters. The van der Waals surface area contributed by atoms with E-state index in [-0.39, 0.29) is 0 Å². The third-order valence-corrected chi connectivity index (χ3v) is 4.43. The van der Waals surface area contributed by atoms with Crippen molar-refractivity contribution in [2.75, 3.05) is 0 Å². The minimum absolute atomic E-state index is 0.314. The summed E-state index contributed by atoms with van der Waals surface area (Å²) in [6, 6.07) is 0. The van der Waals surface area contributed by atoms with Gasteiger partial charge in [0.2, 0.25) is 0 Å². The van der Waals surface area contributed by atoms with Crippen LogP contribution in [0.1, 0.15) is 19.3 Å². The Hall–Kier alpha value is -0.970. The fourth-order valence-corrected chi connectivity index (χ4v) is 3.52.